The fraction of sp³-hybridized carbons (Fsp3) is 0.909. The lowest BCUT2D eigenvalue weighted by Crippen LogP contribution is -2.49. The van der Waals surface area contributed by atoms with E-state index in [1.54, 1.807) is 6.92 Å². The summed E-state index contributed by atoms with van der Waals surface area (Å²) < 4.78 is 41.4. The molecule has 0 radical (unpaired) electrons. The van der Waals surface area contributed by atoms with Gasteiger partial charge < -0.3 is 10.5 Å². The number of hydrogen-bond donors (Lipinski definition) is 1. The highest BCUT2D eigenvalue weighted by Crippen LogP contribution is 2.18. The van der Waals surface area contributed by atoms with Crippen molar-refractivity contribution in [2.24, 2.45) is 5.73 Å². The van der Waals surface area contributed by atoms with Crippen molar-refractivity contribution < 1.29 is 22.7 Å². The zero-order valence-corrected chi connectivity index (χ0v) is 11.0. The van der Waals surface area contributed by atoms with Gasteiger partial charge in [-0.15, -0.1) is 0 Å². The number of nitrogens with zero attached hydrogens (tertiary/aromatic N) is 1. The number of alkyl halides is 3. The van der Waals surface area contributed by atoms with Crippen LogP contribution in [0.5, 0.6) is 0 Å². The highest BCUT2D eigenvalue weighted by atomic mass is 19.4. The molecular formula is C11H21F3N2O2. The van der Waals surface area contributed by atoms with Gasteiger partial charge in [0.05, 0.1) is 13.7 Å². The number of hydrogen-bond acceptors (Lipinski definition) is 4. The molecule has 0 aliphatic rings. The Balaban J connectivity index is 4.39. The van der Waals surface area contributed by atoms with Gasteiger partial charge in [0.1, 0.15) is 5.54 Å². The van der Waals surface area contributed by atoms with E-state index < -0.39 is 24.2 Å². The smallest absolute Gasteiger partial charge is 0.401 e. The Labute approximate surface area is 105 Å². The molecule has 0 saturated heterocycles. The lowest BCUT2D eigenvalue weighted by molar-refractivity contribution is -0.149. The molecule has 0 heterocycles. The molecule has 7 heteroatoms. The number of carbonyl (C=O) groups excluding carboxylic acids is 1. The topological polar surface area (TPSA) is 55.6 Å². The summed E-state index contributed by atoms with van der Waals surface area (Å²) in [5, 5.41) is 0. The van der Waals surface area contributed by atoms with Crippen molar-refractivity contribution >= 4 is 5.97 Å². The molecule has 2 N–H and O–H groups in total. The van der Waals surface area contributed by atoms with E-state index in [-0.39, 0.29) is 13.0 Å². The number of rotatable bonds is 7. The lowest BCUT2D eigenvalue weighted by Gasteiger charge is -2.27. The SMILES string of the molecule is CCCN(CCC(C)(N)C(=O)OC)CC(F)(F)F. The standard InChI is InChI=1S/C11H21F3N2O2/c1-4-6-16(8-11(12,13)14)7-5-10(2,15)9(17)18-3/h4-8,15H2,1-3H3. The molecule has 0 aromatic rings. The Morgan fingerprint density at radius 3 is 2.28 bits per heavy atom. The Hall–Kier alpha value is -0.820. The monoisotopic (exact) mass is 270 g/mol. The molecule has 0 aliphatic carbocycles. The van der Waals surface area contributed by atoms with Gasteiger partial charge in [0.2, 0.25) is 0 Å². The summed E-state index contributed by atoms with van der Waals surface area (Å²) >= 11 is 0. The third kappa shape index (κ3) is 6.80. The lowest BCUT2D eigenvalue weighted by atomic mass is 9.99. The first-order valence-electron chi connectivity index (χ1n) is 5.79. The van der Waals surface area contributed by atoms with E-state index in [1.165, 1.54) is 18.9 Å². The summed E-state index contributed by atoms with van der Waals surface area (Å²) in [5.41, 5.74) is 4.44. The van der Waals surface area contributed by atoms with E-state index >= 15 is 0 Å². The highest BCUT2D eigenvalue weighted by Gasteiger charge is 2.33. The maximum atomic E-state index is 12.3. The molecule has 0 amide bonds. The Morgan fingerprint density at radius 1 is 1.33 bits per heavy atom. The molecule has 1 atom stereocenters. The van der Waals surface area contributed by atoms with Gasteiger partial charge in [0.15, 0.2) is 0 Å². The second-order valence-corrected chi connectivity index (χ2v) is 4.55. The second-order valence-electron chi connectivity index (χ2n) is 4.55. The zero-order chi connectivity index (χ0) is 14.4. The largest absolute Gasteiger partial charge is 0.468 e. The minimum Gasteiger partial charge on any atom is -0.468 e. The normalized spacial score (nSPS) is 15.6. The van der Waals surface area contributed by atoms with Crippen molar-refractivity contribution in [1.29, 1.82) is 0 Å². The van der Waals surface area contributed by atoms with Crippen LogP contribution in [0, 0.1) is 0 Å². The van der Waals surface area contributed by atoms with Gasteiger partial charge in [-0.05, 0) is 26.3 Å². The molecule has 0 aromatic carbocycles. The van der Waals surface area contributed by atoms with E-state index in [1.807, 2.05) is 0 Å². The Bertz CT molecular complexity index is 268. The minimum absolute atomic E-state index is 0.107. The maximum Gasteiger partial charge on any atom is 0.401 e. The van der Waals surface area contributed by atoms with E-state index in [0.29, 0.717) is 13.0 Å². The summed E-state index contributed by atoms with van der Waals surface area (Å²) in [6, 6.07) is 0. The molecule has 0 aliphatic heterocycles. The van der Waals surface area contributed by atoms with Gasteiger partial charge in [-0.3, -0.25) is 9.69 Å². The maximum absolute atomic E-state index is 12.3. The average Bonchev–Trinajstić information content (AvgIpc) is 2.23. The van der Waals surface area contributed by atoms with Gasteiger partial charge in [-0.2, -0.15) is 13.2 Å². The molecule has 108 valence electrons. The van der Waals surface area contributed by atoms with Gasteiger partial charge in [0, 0.05) is 6.54 Å². The molecule has 0 fully saturated rings. The number of halogens is 3. The summed E-state index contributed by atoms with van der Waals surface area (Å²) in [6.07, 6.45) is -3.52. The Morgan fingerprint density at radius 2 is 1.89 bits per heavy atom. The predicted octanol–water partition coefficient (Wildman–Crippen LogP) is 1.54. The van der Waals surface area contributed by atoms with Crippen LogP contribution in [0.25, 0.3) is 0 Å². The fourth-order valence-corrected chi connectivity index (χ4v) is 1.57. The summed E-state index contributed by atoms with van der Waals surface area (Å²) in [4.78, 5) is 12.5. The molecule has 0 aromatic heterocycles. The average molecular weight is 270 g/mol. The first-order chi connectivity index (χ1) is 8.12. The zero-order valence-electron chi connectivity index (χ0n) is 11.0. The van der Waals surface area contributed by atoms with E-state index in [2.05, 4.69) is 4.74 Å². The quantitative estimate of drug-likeness (QED) is 0.713. The van der Waals surface area contributed by atoms with Gasteiger partial charge >= 0.3 is 12.1 Å². The van der Waals surface area contributed by atoms with E-state index in [0.717, 1.165) is 0 Å². The number of carbonyl (C=O) groups is 1. The highest BCUT2D eigenvalue weighted by molar-refractivity contribution is 5.79. The summed E-state index contributed by atoms with van der Waals surface area (Å²) in [6.45, 7) is 2.69. The fourth-order valence-electron chi connectivity index (χ4n) is 1.57. The molecule has 0 bridgehead atoms. The third-order valence-electron chi connectivity index (χ3n) is 2.54. The second kappa shape index (κ2) is 6.94. The third-order valence-corrected chi connectivity index (χ3v) is 2.54. The summed E-state index contributed by atoms with van der Waals surface area (Å²) in [7, 11) is 1.20. The van der Waals surface area contributed by atoms with Crippen molar-refractivity contribution in [2.45, 2.75) is 38.4 Å². The van der Waals surface area contributed by atoms with Crippen LogP contribution in [0.15, 0.2) is 0 Å². The van der Waals surface area contributed by atoms with Crippen LogP contribution in [0.4, 0.5) is 13.2 Å². The van der Waals surface area contributed by atoms with Crippen molar-refractivity contribution in [3.63, 3.8) is 0 Å². The van der Waals surface area contributed by atoms with Crippen LogP contribution in [-0.4, -0.2) is 49.3 Å². The molecular weight excluding hydrogens is 249 g/mol. The molecule has 0 rings (SSSR count). The molecule has 18 heavy (non-hydrogen) atoms. The number of methoxy groups -OCH3 is 1. The van der Waals surface area contributed by atoms with Crippen molar-refractivity contribution in [2.75, 3.05) is 26.7 Å². The molecule has 0 saturated carbocycles. The molecule has 4 nitrogen and oxygen atoms in total. The van der Waals surface area contributed by atoms with E-state index in [4.69, 9.17) is 5.73 Å². The van der Waals surface area contributed by atoms with Crippen LogP contribution >= 0.6 is 0 Å². The van der Waals surface area contributed by atoms with Crippen molar-refractivity contribution in [1.82, 2.24) is 4.90 Å². The van der Waals surface area contributed by atoms with Crippen LogP contribution in [0.1, 0.15) is 26.7 Å². The number of ether oxygens (including phenoxy) is 1. The van der Waals surface area contributed by atoms with Crippen molar-refractivity contribution in [3.8, 4) is 0 Å². The molecule has 0 spiro atoms. The number of esters is 1. The van der Waals surface area contributed by atoms with Crippen LogP contribution in [-0.2, 0) is 9.53 Å². The molecule has 1 unspecified atom stereocenters. The van der Waals surface area contributed by atoms with Crippen molar-refractivity contribution in [3.05, 3.63) is 0 Å². The first-order valence-corrected chi connectivity index (χ1v) is 5.79. The number of nitrogens with two attached hydrogens (primary N) is 1. The van der Waals surface area contributed by atoms with Gasteiger partial charge in [0.25, 0.3) is 0 Å². The van der Waals surface area contributed by atoms with E-state index in [9.17, 15) is 18.0 Å². The predicted molar refractivity (Wildman–Crippen MR) is 62.0 cm³/mol. The minimum atomic E-state index is -4.24. The Kier molecular flexibility index (Phi) is 6.62. The van der Waals surface area contributed by atoms with Gasteiger partial charge in [-0.1, -0.05) is 6.92 Å². The van der Waals surface area contributed by atoms with Crippen LogP contribution in [0.3, 0.4) is 0 Å². The van der Waals surface area contributed by atoms with Crippen LogP contribution in [0.2, 0.25) is 0 Å². The van der Waals surface area contributed by atoms with Crippen LogP contribution < -0.4 is 5.73 Å². The summed E-state index contributed by atoms with van der Waals surface area (Å²) in [5.74, 6) is -0.619. The van der Waals surface area contributed by atoms with Gasteiger partial charge in [-0.25, -0.2) is 0 Å². The first kappa shape index (κ1) is 17.2.